The van der Waals surface area contributed by atoms with Crippen molar-refractivity contribution < 1.29 is 19.4 Å². The predicted octanol–water partition coefficient (Wildman–Crippen LogP) is 2.45. The molecule has 1 aliphatic heterocycles. The van der Waals surface area contributed by atoms with Gasteiger partial charge in [-0.2, -0.15) is 0 Å². The number of rotatable bonds is 1. The number of aromatic hydroxyl groups is 1. The molecule has 0 unspecified atom stereocenters. The summed E-state index contributed by atoms with van der Waals surface area (Å²) in [6, 6.07) is 11.2. The molecule has 4 rings (SSSR count). The van der Waals surface area contributed by atoms with Crippen molar-refractivity contribution in [2.45, 2.75) is 5.60 Å². The van der Waals surface area contributed by atoms with Gasteiger partial charge in [-0.1, -0.05) is 34.1 Å². The van der Waals surface area contributed by atoms with Gasteiger partial charge >= 0.3 is 5.63 Å². The minimum Gasteiger partial charge on any atom is -0.506 e. The minimum absolute atomic E-state index is 0.160. The Hall–Kier alpha value is -2.64. The van der Waals surface area contributed by atoms with Crippen LogP contribution in [0, 0.1) is 0 Å². The van der Waals surface area contributed by atoms with Crippen molar-refractivity contribution in [1.29, 1.82) is 0 Å². The van der Waals surface area contributed by atoms with E-state index in [1.807, 2.05) is 0 Å². The molecule has 2 aromatic carbocycles. The van der Waals surface area contributed by atoms with Crippen LogP contribution >= 0.6 is 15.9 Å². The molecule has 120 valence electrons. The largest absolute Gasteiger partial charge is 0.506 e. The molecule has 1 atom stereocenters. The van der Waals surface area contributed by atoms with E-state index < -0.39 is 28.4 Å². The standard InChI is InChI=1S/C17H10BrNO5/c18-9-5-3-6-10-12(9)17(23,16(22)19-10)13-14(20)8-4-1-2-7-11(8)24-15(13)21/h1-7,20,23H,(H,19,22)/t17-/m0/s1. The molecular weight excluding hydrogens is 378 g/mol. The Morgan fingerprint density at radius 1 is 1.04 bits per heavy atom. The van der Waals surface area contributed by atoms with E-state index in [4.69, 9.17) is 4.42 Å². The Morgan fingerprint density at radius 2 is 1.79 bits per heavy atom. The summed E-state index contributed by atoms with van der Waals surface area (Å²) in [5, 5.41) is 24.4. The number of carbonyl (C=O) groups excluding carboxylic acids is 1. The molecule has 0 saturated carbocycles. The SMILES string of the molecule is O=C1Nc2cccc(Br)c2[C@]1(O)c1c(O)c2ccccc2oc1=O. The second kappa shape index (κ2) is 4.93. The van der Waals surface area contributed by atoms with E-state index in [9.17, 15) is 19.8 Å². The van der Waals surface area contributed by atoms with Gasteiger partial charge in [-0.3, -0.25) is 4.79 Å². The zero-order valence-electron chi connectivity index (χ0n) is 12.0. The third-order valence-corrected chi connectivity index (χ3v) is 4.76. The maximum Gasteiger partial charge on any atom is 0.347 e. The first-order valence-electron chi connectivity index (χ1n) is 7.02. The molecule has 7 heteroatoms. The number of hydrogen-bond acceptors (Lipinski definition) is 5. The van der Waals surface area contributed by atoms with Gasteiger partial charge in [-0.25, -0.2) is 4.79 Å². The van der Waals surface area contributed by atoms with E-state index in [1.165, 1.54) is 12.1 Å². The van der Waals surface area contributed by atoms with Crippen LogP contribution in [-0.2, 0) is 10.4 Å². The van der Waals surface area contributed by atoms with Gasteiger partial charge in [0.15, 0.2) is 0 Å². The van der Waals surface area contributed by atoms with Crippen LogP contribution < -0.4 is 10.9 Å². The molecule has 2 heterocycles. The summed E-state index contributed by atoms with van der Waals surface area (Å²) in [6.07, 6.45) is 0. The summed E-state index contributed by atoms with van der Waals surface area (Å²) in [5.41, 5.74) is -3.17. The van der Waals surface area contributed by atoms with Crippen molar-refractivity contribution in [1.82, 2.24) is 0 Å². The van der Waals surface area contributed by atoms with Gasteiger partial charge in [-0.05, 0) is 24.3 Å². The number of fused-ring (bicyclic) bond motifs is 2. The molecule has 0 radical (unpaired) electrons. The molecule has 24 heavy (non-hydrogen) atoms. The van der Waals surface area contributed by atoms with Crippen LogP contribution in [-0.4, -0.2) is 16.1 Å². The molecular formula is C17H10BrNO5. The van der Waals surface area contributed by atoms with Crippen LogP contribution in [0.2, 0.25) is 0 Å². The van der Waals surface area contributed by atoms with E-state index in [-0.39, 0.29) is 16.5 Å². The summed E-state index contributed by atoms with van der Waals surface area (Å²) < 4.78 is 5.61. The Kier molecular flexibility index (Phi) is 3.06. The number of hydrogen-bond donors (Lipinski definition) is 3. The van der Waals surface area contributed by atoms with Crippen LogP contribution in [0.4, 0.5) is 5.69 Å². The topological polar surface area (TPSA) is 99.8 Å². The normalized spacial score (nSPS) is 19.3. The zero-order valence-corrected chi connectivity index (χ0v) is 13.6. The highest BCUT2D eigenvalue weighted by Gasteiger charge is 2.52. The molecule has 6 nitrogen and oxygen atoms in total. The number of aliphatic hydroxyl groups is 1. The predicted molar refractivity (Wildman–Crippen MR) is 89.9 cm³/mol. The van der Waals surface area contributed by atoms with Gasteiger partial charge in [0.05, 0.1) is 5.39 Å². The third kappa shape index (κ3) is 1.79. The number of benzene rings is 2. The van der Waals surface area contributed by atoms with E-state index in [0.717, 1.165) is 0 Å². The molecule has 3 N–H and O–H groups in total. The van der Waals surface area contributed by atoms with Gasteiger partial charge in [0.2, 0.25) is 5.60 Å². The molecule has 0 bridgehead atoms. The molecule has 1 amide bonds. The number of nitrogens with one attached hydrogen (secondary N) is 1. The van der Waals surface area contributed by atoms with Crippen LogP contribution in [0.5, 0.6) is 5.75 Å². The van der Waals surface area contributed by atoms with Crippen molar-refractivity contribution in [2.75, 3.05) is 5.32 Å². The van der Waals surface area contributed by atoms with E-state index in [0.29, 0.717) is 10.2 Å². The lowest BCUT2D eigenvalue weighted by Gasteiger charge is -2.22. The first kappa shape index (κ1) is 14.9. The van der Waals surface area contributed by atoms with Crippen molar-refractivity contribution in [2.24, 2.45) is 0 Å². The fraction of sp³-hybridized carbons (Fsp3) is 0.0588. The highest BCUT2D eigenvalue weighted by Crippen LogP contribution is 2.46. The summed E-state index contributed by atoms with van der Waals surface area (Å²) >= 11 is 3.28. The lowest BCUT2D eigenvalue weighted by atomic mass is 9.87. The van der Waals surface area contributed by atoms with Gasteiger partial charge in [0.1, 0.15) is 16.9 Å². The molecule has 0 aliphatic carbocycles. The second-order valence-corrected chi connectivity index (χ2v) is 6.29. The highest BCUT2D eigenvalue weighted by molar-refractivity contribution is 9.10. The summed E-state index contributed by atoms with van der Waals surface area (Å²) in [7, 11) is 0. The van der Waals surface area contributed by atoms with Gasteiger partial charge in [0, 0.05) is 15.7 Å². The average molecular weight is 388 g/mol. The Morgan fingerprint density at radius 3 is 2.58 bits per heavy atom. The summed E-state index contributed by atoms with van der Waals surface area (Å²) in [6.45, 7) is 0. The number of halogens is 1. The number of anilines is 1. The number of para-hydroxylation sites is 1. The lowest BCUT2D eigenvalue weighted by Crippen LogP contribution is -2.39. The van der Waals surface area contributed by atoms with Crippen LogP contribution in [0.25, 0.3) is 11.0 Å². The van der Waals surface area contributed by atoms with Crippen molar-refractivity contribution in [3.05, 3.63) is 68.5 Å². The van der Waals surface area contributed by atoms with Crippen molar-refractivity contribution in [3.8, 4) is 5.75 Å². The molecule has 3 aromatic rings. The second-order valence-electron chi connectivity index (χ2n) is 5.44. The molecule has 0 fully saturated rings. The van der Waals surface area contributed by atoms with Gasteiger partial charge in [-0.15, -0.1) is 0 Å². The molecule has 1 aromatic heterocycles. The zero-order chi connectivity index (χ0) is 17.1. The Balaban J connectivity index is 2.13. The molecule has 0 spiro atoms. The van der Waals surface area contributed by atoms with Gasteiger partial charge in [0.25, 0.3) is 5.91 Å². The maximum atomic E-state index is 12.5. The van der Waals surface area contributed by atoms with Crippen molar-refractivity contribution >= 4 is 38.5 Å². The fourth-order valence-electron chi connectivity index (χ4n) is 3.01. The molecule has 1 aliphatic rings. The monoisotopic (exact) mass is 387 g/mol. The van der Waals surface area contributed by atoms with Crippen LogP contribution in [0.3, 0.4) is 0 Å². The van der Waals surface area contributed by atoms with E-state index in [1.54, 1.807) is 30.3 Å². The fourth-order valence-corrected chi connectivity index (χ4v) is 3.67. The lowest BCUT2D eigenvalue weighted by molar-refractivity contribution is -0.130. The van der Waals surface area contributed by atoms with Gasteiger partial charge < -0.3 is 19.9 Å². The summed E-state index contributed by atoms with van der Waals surface area (Å²) in [4.78, 5) is 24.9. The first-order valence-corrected chi connectivity index (χ1v) is 7.82. The Labute approximate surface area is 143 Å². The Bertz CT molecular complexity index is 1070. The third-order valence-electron chi connectivity index (χ3n) is 4.10. The van der Waals surface area contributed by atoms with Crippen molar-refractivity contribution in [3.63, 3.8) is 0 Å². The first-order chi connectivity index (χ1) is 11.4. The number of amides is 1. The van der Waals surface area contributed by atoms with E-state index in [2.05, 4.69) is 21.2 Å². The highest BCUT2D eigenvalue weighted by atomic mass is 79.9. The average Bonchev–Trinajstić information content (AvgIpc) is 2.80. The number of carbonyl (C=O) groups is 1. The minimum atomic E-state index is -2.36. The van der Waals surface area contributed by atoms with Crippen LogP contribution in [0.15, 0.2) is 56.1 Å². The van der Waals surface area contributed by atoms with E-state index >= 15 is 0 Å². The maximum absolute atomic E-state index is 12.5. The smallest absolute Gasteiger partial charge is 0.347 e. The summed E-state index contributed by atoms with van der Waals surface area (Å²) in [5.74, 6) is -1.31. The molecule has 0 saturated heterocycles. The van der Waals surface area contributed by atoms with Crippen LogP contribution in [0.1, 0.15) is 11.1 Å². The quantitative estimate of drug-likeness (QED) is 0.556.